The van der Waals surface area contributed by atoms with E-state index in [1.54, 1.807) is 30.6 Å². The first-order valence-corrected chi connectivity index (χ1v) is 9.10. The fraction of sp³-hybridized carbons (Fsp3) is 0.263. The minimum atomic E-state index is -0.306. The Morgan fingerprint density at radius 3 is 2.93 bits per heavy atom. The minimum Gasteiger partial charge on any atom is -0.508 e. The summed E-state index contributed by atoms with van der Waals surface area (Å²) in [6.07, 6.45) is 6.68. The van der Waals surface area contributed by atoms with Gasteiger partial charge in [0.05, 0.1) is 12.2 Å². The van der Waals surface area contributed by atoms with Crippen molar-refractivity contribution in [1.82, 2.24) is 19.9 Å². The number of anilines is 3. The predicted molar refractivity (Wildman–Crippen MR) is 104 cm³/mol. The van der Waals surface area contributed by atoms with Crippen LogP contribution >= 0.6 is 0 Å². The average molecular weight is 377 g/mol. The number of phenols is 1. The monoisotopic (exact) mass is 377 g/mol. The van der Waals surface area contributed by atoms with Crippen LogP contribution in [-0.4, -0.2) is 37.0 Å². The van der Waals surface area contributed by atoms with Crippen LogP contribution in [0.1, 0.15) is 6.42 Å². The maximum Gasteiger partial charge on any atom is 0.231 e. The number of H-pyrrole nitrogens is 1. The second-order valence-corrected chi connectivity index (χ2v) is 7.22. The van der Waals surface area contributed by atoms with Crippen molar-refractivity contribution in [3.05, 3.63) is 42.7 Å². The quantitative estimate of drug-likeness (QED) is 0.427. The van der Waals surface area contributed by atoms with Gasteiger partial charge < -0.3 is 26.5 Å². The van der Waals surface area contributed by atoms with Crippen molar-refractivity contribution in [2.45, 2.75) is 12.5 Å². The van der Waals surface area contributed by atoms with Crippen LogP contribution in [0.3, 0.4) is 0 Å². The number of aromatic amines is 1. The van der Waals surface area contributed by atoms with Crippen molar-refractivity contribution in [3.8, 4) is 5.75 Å². The molecule has 2 heterocycles. The molecule has 2 aliphatic rings. The molecule has 0 radical (unpaired) electrons. The van der Waals surface area contributed by atoms with Gasteiger partial charge in [0.15, 0.2) is 11.5 Å². The molecule has 4 atom stereocenters. The highest BCUT2D eigenvalue weighted by Crippen LogP contribution is 2.45. The van der Waals surface area contributed by atoms with E-state index in [1.165, 1.54) is 0 Å². The number of benzene rings is 1. The van der Waals surface area contributed by atoms with E-state index < -0.39 is 0 Å². The third-order valence-corrected chi connectivity index (χ3v) is 5.47. The van der Waals surface area contributed by atoms with Gasteiger partial charge in [-0.1, -0.05) is 18.2 Å². The van der Waals surface area contributed by atoms with Crippen molar-refractivity contribution < 1.29 is 9.90 Å². The molecule has 1 aromatic carbocycles. The van der Waals surface area contributed by atoms with Crippen molar-refractivity contribution in [3.63, 3.8) is 0 Å². The van der Waals surface area contributed by atoms with E-state index in [4.69, 9.17) is 5.73 Å². The molecule has 1 saturated carbocycles. The molecule has 0 saturated heterocycles. The van der Waals surface area contributed by atoms with E-state index in [1.807, 2.05) is 0 Å². The van der Waals surface area contributed by atoms with Gasteiger partial charge >= 0.3 is 0 Å². The zero-order chi connectivity index (χ0) is 19.3. The summed E-state index contributed by atoms with van der Waals surface area (Å²) in [6.45, 7) is 0. The number of aromatic nitrogens is 4. The van der Waals surface area contributed by atoms with E-state index in [0.29, 0.717) is 28.6 Å². The van der Waals surface area contributed by atoms with Crippen LogP contribution in [0.25, 0.3) is 11.2 Å². The molecule has 28 heavy (non-hydrogen) atoms. The number of aromatic hydroxyl groups is 1. The molecule has 5 rings (SSSR count). The number of imidazole rings is 1. The fourth-order valence-electron chi connectivity index (χ4n) is 4.27. The topological polar surface area (TPSA) is 142 Å². The van der Waals surface area contributed by atoms with Crippen molar-refractivity contribution in [2.75, 3.05) is 10.6 Å². The summed E-state index contributed by atoms with van der Waals surface area (Å²) in [5.41, 5.74) is 7.48. The lowest BCUT2D eigenvalue weighted by Crippen LogP contribution is -2.41. The van der Waals surface area contributed by atoms with Crippen molar-refractivity contribution in [2.24, 2.45) is 23.5 Å². The fourth-order valence-corrected chi connectivity index (χ4v) is 4.27. The smallest absolute Gasteiger partial charge is 0.231 e. The number of carbonyl (C=O) groups is 1. The summed E-state index contributed by atoms with van der Waals surface area (Å²) >= 11 is 0. The van der Waals surface area contributed by atoms with E-state index in [-0.39, 0.29) is 35.5 Å². The largest absolute Gasteiger partial charge is 0.508 e. The molecule has 6 N–H and O–H groups in total. The number of carbonyl (C=O) groups excluding carboxylic acids is 1. The molecule has 1 amide bonds. The number of nitrogens with zero attached hydrogens (tertiary/aromatic N) is 3. The summed E-state index contributed by atoms with van der Waals surface area (Å²) < 4.78 is 0. The van der Waals surface area contributed by atoms with Gasteiger partial charge in [0.1, 0.15) is 11.3 Å². The summed E-state index contributed by atoms with van der Waals surface area (Å²) in [5.74, 6) is 0.839. The molecule has 0 aliphatic heterocycles. The lowest BCUT2D eigenvalue weighted by molar-refractivity contribution is -0.122. The Bertz CT molecular complexity index is 1090. The highest BCUT2D eigenvalue weighted by Gasteiger charge is 2.47. The molecule has 0 spiro atoms. The van der Waals surface area contributed by atoms with E-state index in [2.05, 4.69) is 42.7 Å². The highest BCUT2D eigenvalue weighted by atomic mass is 16.3. The number of fused-ring (bicyclic) bond motifs is 3. The molecule has 9 nitrogen and oxygen atoms in total. The second-order valence-electron chi connectivity index (χ2n) is 7.22. The average Bonchev–Trinajstić information content (AvgIpc) is 3.37. The molecule has 4 unspecified atom stereocenters. The van der Waals surface area contributed by atoms with Crippen LogP contribution in [0.2, 0.25) is 0 Å². The van der Waals surface area contributed by atoms with Gasteiger partial charge in [-0.2, -0.15) is 9.97 Å². The Morgan fingerprint density at radius 2 is 2.11 bits per heavy atom. The van der Waals surface area contributed by atoms with Crippen LogP contribution in [0.5, 0.6) is 5.75 Å². The molecule has 2 aliphatic carbocycles. The van der Waals surface area contributed by atoms with Crippen LogP contribution in [-0.2, 0) is 4.79 Å². The van der Waals surface area contributed by atoms with Gasteiger partial charge in [0.25, 0.3) is 0 Å². The third-order valence-electron chi connectivity index (χ3n) is 5.47. The van der Waals surface area contributed by atoms with Crippen molar-refractivity contribution >= 4 is 34.5 Å². The number of rotatable bonds is 5. The normalized spacial score (nSPS) is 25.3. The first-order valence-electron chi connectivity index (χ1n) is 9.10. The molecular weight excluding hydrogens is 358 g/mol. The zero-order valence-electron chi connectivity index (χ0n) is 14.8. The van der Waals surface area contributed by atoms with Crippen LogP contribution in [0.15, 0.2) is 42.7 Å². The van der Waals surface area contributed by atoms with Gasteiger partial charge in [0, 0.05) is 17.8 Å². The minimum absolute atomic E-state index is 0.129. The lowest BCUT2D eigenvalue weighted by atomic mass is 9.88. The Kier molecular flexibility index (Phi) is 3.68. The van der Waals surface area contributed by atoms with Gasteiger partial charge in [-0.15, -0.1) is 0 Å². The number of amides is 1. The lowest BCUT2D eigenvalue weighted by Gasteiger charge is -2.27. The van der Waals surface area contributed by atoms with E-state index in [9.17, 15) is 9.90 Å². The highest BCUT2D eigenvalue weighted by molar-refractivity contribution is 5.85. The van der Waals surface area contributed by atoms with Crippen LogP contribution in [0.4, 0.5) is 17.5 Å². The van der Waals surface area contributed by atoms with E-state index >= 15 is 0 Å². The molecular formula is C19H19N7O2. The number of nitrogens with one attached hydrogen (secondary N) is 3. The van der Waals surface area contributed by atoms with Crippen LogP contribution in [0, 0.1) is 17.8 Å². The zero-order valence-corrected chi connectivity index (χ0v) is 14.8. The van der Waals surface area contributed by atoms with E-state index in [0.717, 1.165) is 6.42 Å². The number of nitrogens with two attached hydrogens (primary N) is 1. The molecule has 1 fully saturated rings. The summed E-state index contributed by atoms with van der Waals surface area (Å²) in [5, 5.41) is 16.1. The standard InChI is InChI=1S/C19H19N7O2/c20-16(28)13-9-4-5-10(6-9)14(13)24-18-15-17(22-8-21-15)25-19(26-18)23-11-2-1-3-12(27)7-11/h1-5,7-10,13-14,27H,6H2,(H2,20,28)(H3,21,22,23,24,25,26). The van der Waals surface area contributed by atoms with Crippen LogP contribution < -0.4 is 16.4 Å². The first-order chi connectivity index (χ1) is 13.6. The Hall–Kier alpha value is -3.62. The van der Waals surface area contributed by atoms with Gasteiger partial charge in [-0.25, -0.2) is 4.98 Å². The summed E-state index contributed by atoms with van der Waals surface area (Å²) in [4.78, 5) is 28.3. The number of allylic oxidation sites excluding steroid dienone is 1. The number of hydrogen-bond donors (Lipinski definition) is 5. The molecule has 3 aromatic rings. The summed E-state index contributed by atoms with van der Waals surface area (Å²) in [6, 6.07) is 6.57. The first kappa shape index (κ1) is 16.5. The van der Waals surface area contributed by atoms with Gasteiger partial charge in [-0.3, -0.25) is 4.79 Å². The molecule has 2 aromatic heterocycles. The van der Waals surface area contributed by atoms with Gasteiger partial charge in [0.2, 0.25) is 11.9 Å². The SMILES string of the molecule is NC(=O)C1C2C=CC(C2)C1Nc1nc(Nc2cccc(O)c2)nc2[nH]cnc12. The number of primary amides is 1. The summed E-state index contributed by atoms with van der Waals surface area (Å²) in [7, 11) is 0. The maximum absolute atomic E-state index is 12.0. The Balaban J connectivity index is 1.49. The second kappa shape index (κ2) is 6.22. The van der Waals surface area contributed by atoms with Crippen molar-refractivity contribution in [1.29, 1.82) is 0 Å². The molecule has 2 bridgehead atoms. The molecule has 9 heteroatoms. The molecule has 142 valence electrons. The maximum atomic E-state index is 12.0. The Labute approximate surface area is 160 Å². The number of phenolic OH excluding ortho intramolecular Hbond substituents is 1. The Morgan fingerprint density at radius 1 is 1.25 bits per heavy atom. The van der Waals surface area contributed by atoms with Gasteiger partial charge in [-0.05, 0) is 30.4 Å². The number of hydrogen-bond acceptors (Lipinski definition) is 7. The predicted octanol–water partition coefficient (Wildman–Crippen LogP) is 1.89. The third kappa shape index (κ3) is 2.72.